The molecule has 0 radical (unpaired) electrons. The number of nitrogens with zero attached hydrogens (tertiary/aromatic N) is 6. The highest BCUT2D eigenvalue weighted by atomic mass is 32.2. The molecule has 1 N–H and O–H groups in total. The predicted molar refractivity (Wildman–Crippen MR) is 162 cm³/mol. The summed E-state index contributed by atoms with van der Waals surface area (Å²) < 4.78 is 42.5. The maximum atomic E-state index is 12.7. The maximum absolute atomic E-state index is 12.7. The van der Waals surface area contributed by atoms with Crippen LogP contribution in [0.2, 0.25) is 0 Å². The number of aliphatic imine (C=N–C) groups is 1. The van der Waals surface area contributed by atoms with Crippen LogP contribution in [0.15, 0.2) is 83.2 Å². The largest absolute Gasteiger partial charge is 0.573 e. The summed E-state index contributed by atoms with van der Waals surface area (Å²) >= 11 is 1.20. The highest BCUT2D eigenvalue weighted by molar-refractivity contribution is 8.15. The fourth-order valence-electron chi connectivity index (χ4n) is 4.36. The quantitative estimate of drug-likeness (QED) is 0.183. The molecule has 5 rings (SSSR count). The number of rotatable bonds is 8. The number of urea groups is 1. The van der Waals surface area contributed by atoms with Gasteiger partial charge in [-0.15, -0.1) is 18.3 Å². The highest BCUT2D eigenvalue weighted by Gasteiger charge is 2.32. The van der Waals surface area contributed by atoms with E-state index in [2.05, 4.69) is 37.3 Å². The van der Waals surface area contributed by atoms with Gasteiger partial charge in [0, 0.05) is 5.56 Å². The van der Waals surface area contributed by atoms with Crippen LogP contribution in [0.25, 0.3) is 17.1 Å². The highest BCUT2D eigenvalue weighted by Crippen LogP contribution is 2.31. The van der Waals surface area contributed by atoms with Gasteiger partial charge in [0.15, 0.2) is 11.0 Å². The van der Waals surface area contributed by atoms with Gasteiger partial charge < -0.3 is 4.74 Å². The van der Waals surface area contributed by atoms with E-state index in [1.54, 1.807) is 24.3 Å². The van der Waals surface area contributed by atoms with E-state index in [1.165, 1.54) is 58.2 Å². The van der Waals surface area contributed by atoms with Crippen molar-refractivity contribution >= 4 is 40.8 Å². The number of anilines is 1. The van der Waals surface area contributed by atoms with Crippen LogP contribution in [0.5, 0.6) is 5.75 Å². The number of hydrogen-bond donors (Lipinski definition) is 1. The lowest BCUT2D eigenvalue weighted by atomic mass is 10.0. The van der Waals surface area contributed by atoms with Crippen molar-refractivity contribution in [1.29, 1.82) is 0 Å². The summed E-state index contributed by atoms with van der Waals surface area (Å²) in [4.78, 5) is 35.1. The molecule has 3 amide bonds. The summed E-state index contributed by atoms with van der Waals surface area (Å²) in [5.41, 5.74) is 7.00. The zero-order valence-electron chi connectivity index (χ0n) is 23.6. The number of nitrogens with one attached hydrogen (secondary N) is 1. The summed E-state index contributed by atoms with van der Waals surface area (Å²) in [7, 11) is 0. The minimum Gasteiger partial charge on any atom is -0.406 e. The minimum absolute atomic E-state index is 0.138. The number of thioether (sulfide) groups is 1. The molecule has 44 heavy (non-hydrogen) atoms. The van der Waals surface area contributed by atoms with Crippen molar-refractivity contribution in [3.8, 4) is 22.8 Å². The molecule has 3 aromatic carbocycles. The smallest absolute Gasteiger partial charge is 0.406 e. The van der Waals surface area contributed by atoms with Crippen molar-refractivity contribution in [3.63, 3.8) is 0 Å². The average molecular weight is 622 g/mol. The van der Waals surface area contributed by atoms with Crippen LogP contribution >= 0.6 is 11.8 Å². The van der Waals surface area contributed by atoms with Gasteiger partial charge in [0.1, 0.15) is 12.1 Å². The fourth-order valence-corrected chi connectivity index (χ4v) is 5.22. The molecule has 0 spiro atoms. The predicted octanol–water partition coefficient (Wildman–Crippen LogP) is 6.27. The molecule has 10 nitrogen and oxygen atoms in total. The van der Waals surface area contributed by atoms with Gasteiger partial charge in [-0.25, -0.2) is 19.9 Å². The third-order valence-electron chi connectivity index (χ3n) is 6.33. The summed E-state index contributed by atoms with van der Waals surface area (Å²) in [5, 5.41) is 8.65. The Morgan fingerprint density at radius 2 is 1.86 bits per heavy atom. The molecule has 0 unspecified atom stereocenters. The number of carbonyl (C=O) groups excluding carboxylic acids is 2. The molecule has 1 aromatic heterocycles. The number of hydrogen-bond acceptors (Lipinski definition) is 7. The van der Waals surface area contributed by atoms with E-state index in [4.69, 9.17) is 0 Å². The molecule has 1 aliphatic heterocycles. The summed E-state index contributed by atoms with van der Waals surface area (Å²) in [5.74, 6) is 0.121. The second kappa shape index (κ2) is 13.1. The Bertz CT molecular complexity index is 1720. The van der Waals surface area contributed by atoms with Gasteiger partial charge in [-0.3, -0.25) is 9.69 Å². The van der Waals surface area contributed by atoms with Crippen molar-refractivity contribution in [1.82, 2.24) is 20.2 Å². The summed E-state index contributed by atoms with van der Waals surface area (Å²) in [6.07, 6.45) is -0.166. The van der Waals surface area contributed by atoms with Crippen molar-refractivity contribution < 1.29 is 27.5 Å². The van der Waals surface area contributed by atoms with E-state index in [9.17, 15) is 22.8 Å². The average Bonchev–Trinajstić information content (AvgIpc) is 3.61. The Labute approximate surface area is 254 Å². The molecule has 0 aliphatic carbocycles. The van der Waals surface area contributed by atoms with E-state index >= 15 is 0 Å². The van der Waals surface area contributed by atoms with Crippen molar-refractivity contribution in [3.05, 3.63) is 89.7 Å². The lowest BCUT2D eigenvalue weighted by molar-refractivity contribution is -0.274. The molecular formula is C30H26F3N7O3S. The number of halogens is 3. The minimum atomic E-state index is -4.77. The van der Waals surface area contributed by atoms with Crippen molar-refractivity contribution in [2.24, 2.45) is 10.1 Å². The van der Waals surface area contributed by atoms with Crippen LogP contribution in [0, 0.1) is 6.92 Å². The second-order valence-corrected chi connectivity index (χ2v) is 10.6. The van der Waals surface area contributed by atoms with Crippen LogP contribution < -0.4 is 15.1 Å². The normalized spacial score (nSPS) is 14.5. The van der Waals surface area contributed by atoms with Gasteiger partial charge in [0.05, 0.1) is 23.3 Å². The van der Waals surface area contributed by atoms with Gasteiger partial charge in [0.25, 0.3) is 0 Å². The SMILES string of the molecule is CCCc1ccc(C)cc1N1C(=O)CS/C1=N\C(=O)N/N=C/c1ccc(-c2ncn(-c3ccc(OC(F)(F)F)cc3)n2)cc1. The van der Waals surface area contributed by atoms with E-state index in [1.807, 2.05) is 25.1 Å². The zero-order chi connectivity index (χ0) is 31.3. The number of carbonyl (C=O) groups is 2. The Morgan fingerprint density at radius 3 is 2.57 bits per heavy atom. The Balaban J connectivity index is 1.21. The first-order valence-corrected chi connectivity index (χ1v) is 14.4. The monoisotopic (exact) mass is 621 g/mol. The van der Waals surface area contributed by atoms with E-state index in [-0.39, 0.29) is 17.4 Å². The molecule has 14 heteroatoms. The summed E-state index contributed by atoms with van der Waals surface area (Å²) in [6.45, 7) is 4.01. The molecule has 226 valence electrons. The molecule has 1 fully saturated rings. The first-order valence-electron chi connectivity index (χ1n) is 13.4. The molecule has 4 aromatic rings. The number of ether oxygens (including phenoxy) is 1. The van der Waals surface area contributed by atoms with Crippen LogP contribution in [0.4, 0.5) is 23.7 Å². The molecule has 1 aliphatic rings. The van der Waals surface area contributed by atoms with Crippen LogP contribution in [-0.4, -0.2) is 50.2 Å². The first kappa shape index (κ1) is 30.5. The van der Waals surface area contributed by atoms with Crippen LogP contribution in [-0.2, 0) is 11.2 Å². The number of amidine groups is 1. The zero-order valence-corrected chi connectivity index (χ0v) is 24.4. The number of aryl methyl sites for hydroxylation is 2. The lowest BCUT2D eigenvalue weighted by Gasteiger charge is -2.20. The fraction of sp³-hybridized carbons (Fsp3) is 0.200. The number of hydrazone groups is 1. The van der Waals surface area contributed by atoms with Crippen LogP contribution in [0.3, 0.4) is 0 Å². The van der Waals surface area contributed by atoms with Gasteiger partial charge in [0.2, 0.25) is 5.91 Å². The van der Waals surface area contributed by atoms with Gasteiger partial charge in [-0.2, -0.15) is 10.1 Å². The first-order chi connectivity index (χ1) is 21.1. The summed E-state index contributed by atoms with van der Waals surface area (Å²) in [6, 6.07) is 17.5. The van der Waals surface area contributed by atoms with E-state index in [0.29, 0.717) is 27.8 Å². The Hall–Kier alpha value is -4.98. The molecule has 0 saturated carbocycles. The third-order valence-corrected chi connectivity index (χ3v) is 7.26. The standard InChI is InChI=1S/C30H26F3N7O3S/c1-3-4-21-8-5-19(2)15-25(21)40-26(41)17-44-29(40)36-28(42)37-35-16-20-6-9-22(10-7-20)27-34-18-39(38-27)23-11-13-24(14-12-23)43-30(31,32)33/h5-16,18H,3-4,17H2,1-2H3,(H,37,42)/b35-16+,36-29-. The molecule has 0 atom stereocenters. The van der Waals surface area contributed by atoms with Gasteiger partial charge >= 0.3 is 12.4 Å². The van der Waals surface area contributed by atoms with Gasteiger partial charge in [-0.1, -0.05) is 61.5 Å². The van der Waals surface area contributed by atoms with Crippen molar-refractivity contribution in [2.75, 3.05) is 10.7 Å². The molecule has 0 bridgehead atoms. The van der Waals surface area contributed by atoms with Gasteiger partial charge in [-0.05, 0) is 60.4 Å². The molecule has 1 saturated heterocycles. The number of amides is 3. The van der Waals surface area contributed by atoms with E-state index in [0.717, 1.165) is 29.7 Å². The van der Waals surface area contributed by atoms with Crippen LogP contribution in [0.1, 0.15) is 30.0 Å². The van der Waals surface area contributed by atoms with E-state index < -0.39 is 12.4 Å². The number of alkyl halides is 3. The maximum Gasteiger partial charge on any atom is 0.573 e. The molecule has 2 heterocycles. The lowest BCUT2D eigenvalue weighted by Crippen LogP contribution is -2.31. The topological polar surface area (TPSA) is 114 Å². The third kappa shape index (κ3) is 7.50. The number of benzene rings is 3. The Kier molecular flexibility index (Phi) is 9.09. The Morgan fingerprint density at radius 1 is 1.11 bits per heavy atom. The van der Waals surface area contributed by atoms with Crippen molar-refractivity contribution in [2.45, 2.75) is 33.1 Å². The molecular weight excluding hydrogens is 595 g/mol. The second-order valence-electron chi connectivity index (χ2n) is 9.65. The number of aromatic nitrogens is 3.